The number of benzene rings is 2. The van der Waals surface area contributed by atoms with Crippen molar-refractivity contribution >= 4 is 29.2 Å². The Kier molecular flexibility index (Phi) is 3.57. The average molecular weight is 353 g/mol. The van der Waals surface area contributed by atoms with Gasteiger partial charge in [0.05, 0.1) is 16.9 Å². The van der Waals surface area contributed by atoms with Crippen LogP contribution in [0.5, 0.6) is 0 Å². The quantitative estimate of drug-likeness (QED) is 0.684. The zero-order chi connectivity index (χ0) is 18.4. The molecular formula is C23H19N3O. The molecule has 3 heterocycles. The maximum absolute atomic E-state index is 12.9. The minimum absolute atomic E-state index is 0.0765. The summed E-state index contributed by atoms with van der Waals surface area (Å²) in [5, 5.41) is 0. The summed E-state index contributed by atoms with van der Waals surface area (Å²) in [6, 6.07) is 20.4. The van der Waals surface area contributed by atoms with Crippen LogP contribution in [-0.2, 0) is 6.54 Å². The summed E-state index contributed by atoms with van der Waals surface area (Å²) in [5.41, 5.74) is 6.01. The number of hydrogen-bond donors (Lipinski definition) is 0. The van der Waals surface area contributed by atoms with Crippen LogP contribution in [0.4, 0.5) is 11.5 Å². The molecule has 0 spiro atoms. The molecule has 2 aliphatic heterocycles. The lowest BCUT2D eigenvalue weighted by Gasteiger charge is -2.26. The number of carbonyl (C=O) groups excluding carboxylic acids is 1. The van der Waals surface area contributed by atoms with Crippen LogP contribution in [0.1, 0.15) is 34.0 Å². The predicted octanol–water partition coefficient (Wildman–Crippen LogP) is 4.71. The van der Waals surface area contributed by atoms with Crippen LogP contribution in [0, 0.1) is 0 Å². The molecule has 132 valence electrons. The molecule has 0 fully saturated rings. The van der Waals surface area contributed by atoms with Gasteiger partial charge in [-0.25, -0.2) is 4.98 Å². The van der Waals surface area contributed by atoms with Gasteiger partial charge < -0.3 is 9.80 Å². The number of anilines is 2. The first-order valence-corrected chi connectivity index (χ1v) is 9.21. The molecule has 0 radical (unpaired) electrons. The number of aromatic nitrogens is 1. The number of hydrogen-bond acceptors (Lipinski definition) is 3. The van der Waals surface area contributed by atoms with Crippen LogP contribution in [0.3, 0.4) is 0 Å². The number of nitrogens with zero attached hydrogens (tertiary/aromatic N) is 3. The summed E-state index contributed by atoms with van der Waals surface area (Å²) in [6.07, 6.45) is 3.93. The molecule has 0 atom stereocenters. The Morgan fingerprint density at radius 3 is 2.59 bits per heavy atom. The van der Waals surface area contributed by atoms with E-state index in [1.54, 1.807) is 0 Å². The van der Waals surface area contributed by atoms with Crippen molar-refractivity contribution in [2.24, 2.45) is 0 Å². The summed E-state index contributed by atoms with van der Waals surface area (Å²) in [6.45, 7) is 3.36. The fraction of sp³-hybridized carbons (Fsp3) is 0.130. The van der Waals surface area contributed by atoms with E-state index in [1.165, 1.54) is 5.56 Å². The Morgan fingerprint density at radius 1 is 0.926 bits per heavy atom. The largest absolute Gasteiger partial charge is 0.321 e. The van der Waals surface area contributed by atoms with Gasteiger partial charge in [-0.05, 0) is 42.8 Å². The zero-order valence-corrected chi connectivity index (χ0v) is 15.1. The van der Waals surface area contributed by atoms with E-state index >= 15 is 0 Å². The molecule has 0 bridgehead atoms. The van der Waals surface area contributed by atoms with Crippen molar-refractivity contribution in [1.82, 2.24) is 9.88 Å². The van der Waals surface area contributed by atoms with Gasteiger partial charge in [0.25, 0.3) is 5.91 Å². The number of rotatable bonds is 3. The third kappa shape index (κ3) is 2.37. The lowest BCUT2D eigenvalue weighted by Crippen LogP contribution is -2.22. The molecule has 0 aliphatic carbocycles. The van der Waals surface area contributed by atoms with Crippen molar-refractivity contribution in [2.45, 2.75) is 13.5 Å². The minimum atomic E-state index is 0.0765. The van der Waals surface area contributed by atoms with E-state index in [9.17, 15) is 4.79 Å². The predicted molar refractivity (Wildman–Crippen MR) is 108 cm³/mol. The molecule has 5 rings (SSSR count). The van der Waals surface area contributed by atoms with E-state index in [2.05, 4.69) is 35.2 Å². The lowest BCUT2D eigenvalue weighted by atomic mass is 10.0. The van der Waals surface area contributed by atoms with Crippen molar-refractivity contribution in [3.05, 3.63) is 89.1 Å². The number of pyridine rings is 1. The SMILES string of the molecule is CCN1C(=O)c2cccc3c2C1=Cc1cccnc1N3Cc1ccccc1. The van der Waals surface area contributed by atoms with Gasteiger partial charge in [-0.15, -0.1) is 0 Å². The highest BCUT2D eigenvalue weighted by molar-refractivity contribution is 6.15. The summed E-state index contributed by atoms with van der Waals surface area (Å²) < 4.78 is 0. The second-order valence-corrected chi connectivity index (χ2v) is 6.77. The molecular weight excluding hydrogens is 334 g/mol. The summed E-state index contributed by atoms with van der Waals surface area (Å²) in [4.78, 5) is 21.7. The van der Waals surface area contributed by atoms with Gasteiger partial charge in [-0.2, -0.15) is 0 Å². The highest BCUT2D eigenvalue weighted by atomic mass is 16.2. The molecule has 27 heavy (non-hydrogen) atoms. The van der Waals surface area contributed by atoms with Crippen molar-refractivity contribution in [2.75, 3.05) is 11.4 Å². The first kappa shape index (κ1) is 15.8. The molecule has 0 saturated heterocycles. The van der Waals surface area contributed by atoms with Crippen molar-refractivity contribution in [3.8, 4) is 0 Å². The van der Waals surface area contributed by atoms with Crippen LogP contribution < -0.4 is 4.90 Å². The molecule has 2 aromatic carbocycles. The van der Waals surface area contributed by atoms with E-state index < -0.39 is 0 Å². The lowest BCUT2D eigenvalue weighted by molar-refractivity contribution is 0.0856. The molecule has 4 nitrogen and oxygen atoms in total. The fourth-order valence-electron chi connectivity index (χ4n) is 4.00. The van der Waals surface area contributed by atoms with E-state index in [0.717, 1.165) is 33.9 Å². The number of fused-ring (bicyclic) bond motifs is 1. The third-order valence-corrected chi connectivity index (χ3v) is 5.22. The second kappa shape index (κ2) is 6.09. The third-order valence-electron chi connectivity index (χ3n) is 5.22. The molecule has 1 amide bonds. The normalized spacial score (nSPS) is 14.6. The molecule has 0 unspecified atom stereocenters. The van der Waals surface area contributed by atoms with Gasteiger partial charge in [0.1, 0.15) is 5.82 Å². The first-order chi connectivity index (χ1) is 13.3. The van der Waals surface area contributed by atoms with E-state index in [0.29, 0.717) is 13.1 Å². The Bertz CT molecular complexity index is 1070. The molecule has 4 heteroatoms. The maximum atomic E-state index is 12.9. The summed E-state index contributed by atoms with van der Waals surface area (Å²) >= 11 is 0. The Labute approximate surface area is 158 Å². The first-order valence-electron chi connectivity index (χ1n) is 9.21. The Balaban J connectivity index is 1.77. The molecule has 1 aromatic heterocycles. The fourth-order valence-corrected chi connectivity index (χ4v) is 4.00. The van der Waals surface area contributed by atoms with Gasteiger partial charge in [0.2, 0.25) is 0 Å². The highest BCUT2D eigenvalue weighted by Crippen LogP contribution is 2.46. The van der Waals surface area contributed by atoms with Crippen molar-refractivity contribution in [3.63, 3.8) is 0 Å². The topological polar surface area (TPSA) is 36.4 Å². The maximum Gasteiger partial charge on any atom is 0.259 e. The monoisotopic (exact) mass is 353 g/mol. The smallest absolute Gasteiger partial charge is 0.259 e. The molecule has 0 N–H and O–H groups in total. The van der Waals surface area contributed by atoms with Crippen LogP contribution in [0.15, 0.2) is 66.9 Å². The van der Waals surface area contributed by atoms with Crippen LogP contribution in [0.25, 0.3) is 11.8 Å². The Hall–Kier alpha value is -3.40. The van der Waals surface area contributed by atoms with E-state index in [1.807, 2.05) is 54.4 Å². The van der Waals surface area contributed by atoms with Crippen molar-refractivity contribution < 1.29 is 4.79 Å². The standard InChI is InChI=1S/C23H19N3O/c1-2-25-20-14-17-10-7-13-24-22(17)26(15-16-8-4-3-5-9-16)19-12-6-11-18(21(19)20)23(25)27/h3-14H,2,15H2,1H3. The number of amides is 1. The Morgan fingerprint density at radius 2 is 1.78 bits per heavy atom. The summed E-state index contributed by atoms with van der Waals surface area (Å²) in [7, 11) is 0. The van der Waals surface area contributed by atoms with E-state index in [4.69, 9.17) is 4.98 Å². The van der Waals surface area contributed by atoms with Gasteiger partial charge in [0, 0.05) is 30.4 Å². The zero-order valence-electron chi connectivity index (χ0n) is 15.1. The van der Waals surface area contributed by atoms with Crippen LogP contribution >= 0.6 is 0 Å². The second-order valence-electron chi connectivity index (χ2n) is 6.77. The average Bonchev–Trinajstić information content (AvgIpc) is 2.90. The number of carbonyl (C=O) groups is 1. The summed E-state index contributed by atoms with van der Waals surface area (Å²) in [5.74, 6) is 0.993. The van der Waals surface area contributed by atoms with Gasteiger partial charge >= 0.3 is 0 Å². The van der Waals surface area contributed by atoms with Crippen LogP contribution in [-0.4, -0.2) is 22.3 Å². The van der Waals surface area contributed by atoms with Crippen molar-refractivity contribution in [1.29, 1.82) is 0 Å². The highest BCUT2D eigenvalue weighted by Gasteiger charge is 2.36. The van der Waals surface area contributed by atoms with Gasteiger partial charge in [-0.3, -0.25) is 4.79 Å². The molecule has 0 saturated carbocycles. The minimum Gasteiger partial charge on any atom is -0.321 e. The van der Waals surface area contributed by atoms with Gasteiger partial charge in [-0.1, -0.05) is 36.4 Å². The molecule has 3 aromatic rings. The van der Waals surface area contributed by atoms with Gasteiger partial charge in [0.15, 0.2) is 0 Å². The van der Waals surface area contributed by atoms with E-state index in [-0.39, 0.29) is 5.91 Å². The van der Waals surface area contributed by atoms with Crippen LogP contribution in [0.2, 0.25) is 0 Å². The molecule has 2 aliphatic rings.